The van der Waals surface area contributed by atoms with Crippen LogP contribution in [0.25, 0.3) is 0 Å². The van der Waals surface area contributed by atoms with Crippen LogP contribution < -0.4 is 44.6 Å². The Balaban J connectivity index is -0.0000000450. The van der Waals surface area contributed by atoms with Gasteiger partial charge in [-0.25, -0.2) is 0 Å². The first-order valence-electron chi connectivity index (χ1n) is 0.707. The summed E-state index contributed by atoms with van der Waals surface area (Å²) < 4.78 is 0. The van der Waals surface area contributed by atoms with Gasteiger partial charge in [0, 0.05) is 0 Å². The van der Waals surface area contributed by atoms with Crippen LogP contribution in [0.2, 0.25) is 0 Å². The maximum atomic E-state index is 8.42. The maximum absolute atomic E-state index is 8.42. The average Bonchev–Trinajstić information content (AvgIpc) is 0.811. The van der Waals surface area contributed by atoms with E-state index < -0.39 is 7.32 Å². The molecule has 6 heavy (non-hydrogen) atoms. The molecule has 0 atom stereocenters. The average molecular weight is 140 g/mol. The molecule has 0 aliphatic carbocycles. The van der Waals surface area contributed by atoms with E-state index in [9.17, 15) is 0 Å². The normalized spacial score (nSPS) is 4.50. The first-order chi connectivity index (χ1) is 1.73. The smallest absolute Gasteiger partial charge is 0.907 e. The molecule has 0 bridgehead atoms. The Hall–Kier alpha value is 1.44. The summed E-state index contributed by atoms with van der Waals surface area (Å²) in [4.78, 5) is 0. The van der Waals surface area contributed by atoms with Gasteiger partial charge in [0.25, 0.3) is 0 Å². The van der Waals surface area contributed by atoms with E-state index >= 15 is 0 Å². The van der Waals surface area contributed by atoms with Gasteiger partial charge >= 0.3 is 46.0 Å². The van der Waals surface area contributed by atoms with Gasteiger partial charge < -0.3 is 15.1 Å². The molecule has 0 aromatic heterocycles. The van der Waals surface area contributed by atoms with Crippen molar-refractivity contribution in [3.05, 3.63) is 0 Å². The fraction of sp³-hybridized carbons (Fsp3) is 0. The van der Waals surface area contributed by atoms with Crippen LogP contribution in [0.4, 0.5) is 0 Å². The molecular weight excluding hydrogens is 140 g/mol. The molecule has 32 valence electrons. The zero-order valence-electron chi connectivity index (χ0n) is 3.12. The Bertz CT molecular complexity index is 15.5. The summed E-state index contributed by atoms with van der Waals surface area (Å²) in [6.07, 6.45) is 0. The first-order valence-corrected chi connectivity index (χ1v) is 0.707. The maximum Gasteiger partial charge on any atom is 2.00 e. The molecule has 0 spiro atoms. The minimum Gasteiger partial charge on any atom is -0.907 e. The molecule has 0 aliphatic heterocycles. The van der Waals surface area contributed by atoms with Crippen LogP contribution >= 0.6 is 0 Å². The van der Waals surface area contributed by atoms with Gasteiger partial charge in [0.1, 0.15) is 0 Å². The topological polar surface area (TPSA) is 69.2 Å². The van der Waals surface area contributed by atoms with Crippen LogP contribution in [0.1, 0.15) is 0 Å². The number of hydrogen-bond donors (Lipinski definition) is 0. The van der Waals surface area contributed by atoms with Crippen LogP contribution in [0.5, 0.6) is 0 Å². The molecule has 0 N–H and O–H groups in total. The summed E-state index contributed by atoms with van der Waals surface area (Å²) in [5, 5.41) is 25.2. The molecule has 0 rings (SSSR count). The quantitative estimate of drug-likeness (QED) is 0.314. The van der Waals surface area contributed by atoms with E-state index in [4.69, 9.17) is 15.1 Å². The Morgan fingerprint density at radius 2 is 1.00 bits per heavy atom. The summed E-state index contributed by atoms with van der Waals surface area (Å²) in [5.74, 6) is 0. The monoisotopic (exact) mass is 140 g/mol. The van der Waals surface area contributed by atoms with Gasteiger partial charge in [0.05, 0.1) is 0 Å². The Labute approximate surface area is 68.1 Å². The van der Waals surface area contributed by atoms with E-state index in [2.05, 4.69) is 0 Å². The molecule has 6 heteroatoms. The van der Waals surface area contributed by atoms with E-state index in [0.29, 0.717) is 0 Å². The van der Waals surface area contributed by atoms with E-state index in [-0.39, 0.29) is 46.0 Å². The van der Waals surface area contributed by atoms with Crippen LogP contribution in [0.3, 0.4) is 0 Å². The van der Waals surface area contributed by atoms with Crippen molar-refractivity contribution in [3.63, 3.8) is 0 Å². The second-order valence-electron chi connectivity index (χ2n) is 0.289. The summed E-state index contributed by atoms with van der Waals surface area (Å²) in [6, 6.07) is 0. The zero-order valence-corrected chi connectivity index (χ0v) is 6.11. The van der Waals surface area contributed by atoms with Crippen molar-refractivity contribution in [3.8, 4) is 0 Å². The summed E-state index contributed by atoms with van der Waals surface area (Å²) in [5.41, 5.74) is 0. The van der Waals surface area contributed by atoms with Crippen LogP contribution in [-0.2, 0) is 16.5 Å². The molecule has 3 nitrogen and oxygen atoms in total. The molecule has 0 fully saturated rings. The van der Waals surface area contributed by atoms with Crippen LogP contribution in [-0.4, -0.2) is 7.32 Å². The second-order valence-corrected chi connectivity index (χ2v) is 0.289. The molecule has 0 aromatic rings. The molecule has 0 saturated heterocycles. The second kappa shape index (κ2) is 9.67. The third-order valence-electron chi connectivity index (χ3n) is 0. The summed E-state index contributed by atoms with van der Waals surface area (Å²) in [7, 11) is -2.92. The van der Waals surface area contributed by atoms with Gasteiger partial charge in [0.15, 0.2) is 0 Å². The van der Waals surface area contributed by atoms with E-state index in [1.54, 1.807) is 0 Å². The first kappa shape index (κ1) is 15.7. The molecule has 0 amide bonds. The molecular formula is BNaNiO3. The van der Waals surface area contributed by atoms with Gasteiger partial charge in [-0.2, -0.15) is 0 Å². The molecule has 0 aromatic carbocycles. The van der Waals surface area contributed by atoms with Gasteiger partial charge in [-0.3, -0.25) is 7.32 Å². The molecule has 0 saturated carbocycles. The van der Waals surface area contributed by atoms with Crippen molar-refractivity contribution in [2.45, 2.75) is 0 Å². The van der Waals surface area contributed by atoms with Crippen LogP contribution in [0, 0.1) is 0 Å². The third kappa shape index (κ3) is 51.8. The van der Waals surface area contributed by atoms with Crippen molar-refractivity contribution in [2.24, 2.45) is 0 Å². The van der Waals surface area contributed by atoms with Crippen molar-refractivity contribution in [1.82, 2.24) is 0 Å². The number of hydrogen-bond acceptors (Lipinski definition) is 3. The largest absolute Gasteiger partial charge is 2.00 e. The Kier molecular flexibility index (Phi) is 25.2. The fourth-order valence-corrected chi connectivity index (χ4v) is 0. The van der Waals surface area contributed by atoms with E-state index in [1.807, 2.05) is 0 Å². The van der Waals surface area contributed by atoms with Crippen molar-refractivity contribution < 1.29 is 61.1 Å². The SMILES string of the molecule is [Na+].[Ni+2].[O-]B([O-])[O-]. The fourth-order valence-electron chi connectivity index (χ4n) is 0. The minimum absolute atomic E-state index is 0. The standard InChI is InChI=1S/BO3.Na.Ni/c2-1(3)4;;/q-3;+1;+2. The Morgan fingerprint density at radius 1 is 1.00 bits per heavy atom. The summed E-state index contributed by atoms with van der Waals surface area (Å²) in [6.45, 7) is 0. The zero-order chi connectivity index (χ0) is 3.58. The minimum atomic E-state index is -2.92. The van der Waals surface area contributed by atoms with Crippen molar-refractivity contribution >= 4 is 7.32 Å². The Morgan fingerprint density at radius 3 is 1.00 bits per heavy atom. The van der Waals surface area contributed by atoms with E-state index in [0.717, 1.165) is 0 Å². The van der Waals surface area contributed by atoms with Crippen molar-refractivity contribution in [2.75, 3.05) is 0 Å². The molecule has 0 heterocycles. The predicted octanol–water partition coefficient (Wildman–Crippen LogP) is -6.95. The van der Waals surface area contributed by atoms with Crippen molar-refractivity contribution in [1.29, 1.82) is 0 Å². The third-order valence-corrected chi connectivity index (χ3v) is 0. The summed E-state index contributed by atoms with van der Waals surface area (Å²) >= 11 is 0. The number of rotatable bonds is 0. The van der Waals surface area contributed by atoms with E-state index in [1.165, 1.54) is 0 Å². The van der Waals surface area contributed by atoms with Gasteiger partial charge in [0.2, 0.25) is 0 Å². The molecule has 0 aliphatic rings. The van der Waals surface area contributed by atoms with Gasteiger partial charge in [-0.15, -0.1) is 0 Å². The molecule has 0 unspecified atom stereocenters. The van der Waals surface area contributed by atoms with Gasteiger partial charge in [-0.05, 0) is 0 Å². The predicted molar refractivity (Wildman–Crippen MR) is 5.75 cm³/mol. The van der Waals surface area contributed by atoms with Crippen LogP contribution in [0.15, 0.2) is 0 Å². The van der Waals surface area contributed by atoms with Gasteiger partial charge in [-0.1, -0.05) is 0 Å². The molecule has 0 radical (unpaired) electrons.